The standard InChI is InChI=1S/3O.Ti.Y.Zr. The Morgan fingerprint density at radius 2 is 1.17 bits per heavy atom. The van der Waals surface area contributed by atoms with Gasteiger partial charge in [-0.15, -0.1) is 0 Å². The van der Waals surface area contributed by atoms with Crippen LogP contribution in [0.25, 0.3) is 0 Å². The molecule has 0 aromatic carbocycles. The fourth-order valence-electron chi connectivity index (χ4n) is 0. The van der Waals surface area contributed by atoms with Gasteiger partial charge < -0.3 is 0 Å². The van der Waals surface area contributed by atoms with E-state index in [2.05, 4.69) is 0 Å². The minimum atomic E-state index is -2.00. The summed E-state index contributed by atoms with van der Waals surface area (Å²) < 4.78 is 25.4. The van der Waals surface area contributed by atoms with Crippen LogP contribution in [-0.2, 0) is 85.0 Å². The molecule has 3 nitrogen and oxygen atoms in total. The van der Waals surface area contributed by atoms with E-state index in [0.29, 0.717) is 0 Å². The molecule has 0 fully saturated rings. The van der Waals surface area contributed by atoms with Gasteiger partial charge in [-0.25, -0.2) is 0 Å². The summed E-state index contributed by atoms with van der Waals surface area (Å²) in [5, 5.41) is 0. The smallest absolute Gasteiger partial charge is 0 e. The van der Waals surface area contributed by atoms with E-state index in [-0.39, 0.29) is 57.2 Å². The van der Waals surface area contributed by atoms with Crippen molar-refractivity contribution in [1.82, 2.24) is 0 Å². The third-order valence-corrected chi connectivity index (χ3v) is 0. The first-order valence-electron chi connectivity index (χ1n) is 0.644. The van der Waals surface area contributed by atoms with Crippen molar-refractivity contribution in [3.8, 4) is 0 Å². The molecule has 0 saturated carbocycles. The van der Waals surface area contributed by atoms with Crippen molar-refractivity contribution in [2.75, 3.05) is 0 Å². The van der Waals surface area contributed by atoms with Gasteiger partial charge in [-0.3, -0.25) is 0 Å². The van der Waals surface area contributed by atoms with Crippen molar-refractivity contribution in [2.45, 2.75) is 0 Å². The average Bonchev–Trinajstić information content (AvgIpc) is 1.46. The molecule has 6 heteroatoms. The van der Waals surface area contributed by atoms with Crippen molar-refractivity contribution in [3.63, 3.8) is 0 Å². The molecule has 0 radical (unpaired) electrons. The van der Waals surface area contributed by atoms with Gasteiger partial charge in [0.15, 0.2) is 0 Å². The zero-order valence-corrected chi connectivity index (χ0v) is 9.66. The van der Waals surface area contributed by atoms with Crippen LogP contribution < -0.4 is 0 Å². The summed E-state index contributed by atoms with van der Waals surface area (Å²) in [5.41, 5.74) is 0. The first-order chi connectivity index (χ1) is 2.41. The van der Waals surface area contributed by atoms with Gasteiger partial charge in [-0.05, 0) is 0 Å². The van der Waals surface area contributed by atoms with E-state index in [4.69, 9.17) is 8.69 Å². The molecule has 0 saturated heterocycles. The molecule has 0 atom stereocenters. The molecule has 29 valence electrons. The maximum atomic E-state index is 8.50. The summed E-state index contributed by atoms with van der Waals surface area (Å²) in [6.07, 6.45) is 0. The Kier molecular flexibility index (Phi) is 71.9. The van der Waals surface area contributed by atoms with Crippen molar-refractivity contribution in [1.29, 1.82) is 0 Å². The molecule has 0 bridgehead atoms. The van der Waals surface area contributed by atoms with Gasteiger partial charge in [0.05, 0.1) is 0 Å². The largest absolute Gasteiger partial charge is 0 e. The molecule has 0 N–H and O–H groups in total. The molecular formula is O3TiYZr. The topological polar surface area (TPSA) is 51.2 Å². The molecule has 0 heterocycles. The molecule has 0 rings (SSSR count). The van der Waals surface area contributed by atoms with E-state index >= 15 is 0 Å². The van der Waals surface area contributed by atoms with Gasteiger partial charge in [-0.1, -0.05) is 0 Å². The van der Waals surface area contributed by atoms with Crippen LogP contribution >= 0.6 is 0 Å². The van der Waals surface area contributed by atoms with Crippen LogP contribution in [0, 0.1) is 0 Å². The van der Waals surface area contributed by atoms with Gasteiger partial charge in [0.1, 0.15) is 0 Å². The summed E-state index contributed by atoms with van der Waals surface area (Å²) >= 11 is -1.90. The van der Waals surface area contributed by atoms with Crippen LogP contribution in [0.4, 0.5) is 0 Å². The predicted octanol–water partition coefficient (Wildman–Crippen LogP) is -0.364. The van der Waals surface area contributed by atoms with Crippen molar-refractivity contribution >= 4 is 0 Å². The summed E-state index contributed by atoms with van der Waals surface area (Å²) in [5.74, 6) is 0. The molecule has 0 spiro atoms. The maximum absolute atomic E-state index is 8.50. The van der Waals surface area contributed by atoms with Crippen LogP contribution in [0.5, 0.6) is 0 Å². The Morgan fingerprint density at radius 3 is 1.17 bits per heavy atom. The molecule has 0 aromatic rings. The van der Waals surface area contributed by atoms with Crippen LogP contribution in [0.2, 0.25) is 0 Å². The molecule has 0 amide bonds. The fraction of sp³-hybridized carbons (Fsp3) is 0. The Labute approximate surface area is 83.4 Å². The molecule has 0 aliphatic carbocycles. The molecule has 0 aromatic heterocycles. The van der Waals surface area contributed by atoms with E-state index in [1.54, 1.807) is 0 Å². The Balaban J connectivity index is -0.0000000275. The van der Waals surface area contributed by atoms with Gasteiger partial charge in [0, 0.05) is 26.2 Å². The maximum Gasteiger partial charge on any atom is 0 e. The molecular weight excluding hydrogens is 276 g/mol. The zero-order valence-electron chi connectivity index (χ0n) is 2.80. The quantitative estimate of drug-likeness (QED) is 0.567. The van der Waals surface area contributed by atoms with Crippen LogP contribution in [-0.4, -0.2) is 0 Å². The second-order valence-electron chi connectivity index (χ2n) is 0.0833. The predicted molar refractivity (Wildman–Crippen MR) is 2.06 cm³/mol. The van der Waals surface area contributed by atoms with E-state index < -0.39 is 19.1 Å². The SMILES string of the molecule is [O]=[Ti]=[O].[O]=[Y].[Zr]. The first kappa shape index (κ1) is 15.7. The molecule has 0 unspecified atom stereocenters. The third-order valence-electron chi connectivity index (χ3n) is 0. The number of hydrogen-bond donors (Lipinski definition) is 0. The first-order valence-corrected chi connectivity index (χ1v) is 3.08. The summed E-state index contributed by atoms with van der Waals surface area (Å²) in [4.78, 5) is 0. The van der Waals surface area contributed by atoms with Gasteiger partial charge >= 0.3 is 58.8 Å². The summed E-state index contributed by atoms with van der Waals surface area (Å²) in [6, 6.07) is 0. The minimum absolute atomic E-state index is 0. The third kappa shape index (κ3) is 36.0. The van der Waals surface area contributed by atoms with E-state index in [1.807, 2.05) is 0 Å². The Bertz CT molecular complexity index is 40.1. The number of hydrogen-bond acceptors (Lipinski definition) is 3. The van der Waals surface area contributed by atoms with Gasteiger partial charge in [0.2, 0.25) is 0 Å². The monoisotopic (exact) mass is 275 g/mol. The van der Waals surface area contributed by atoms with Gasteiger partial charge in [0.25, 0.3) is 0 Å². The number of rotatable bonds is 0. The van der Waals surface area contributed by atoms with E-state index in [0.717, 1.165) is 0 Å². The Hall–Kier alpha value is 2.10. The average molecular weight is 276 g/mol. The van der Waals surface area contributed by atoms with Crippen molar-refractivity contribution in [3.05, 3.63) is 0 Å². The summed E-state index contributed by atoms with van der Waals surface area (Å²) in [6.45, 7) is 0. The molecule has 0 aliphatic heterocycles. The minimum Gasteiger partial charge on any atom is 0 e. The summed E-state index contributed by atoms with van der Waals surface area (Å²) in [7, 11) is 0. The second-order valence-corrected chi connectivity index (χ2v) is 0.344. The van der Waals surface area contributed by atoms with E-state index in [1.165, 1.54) is 0 Å². The fourth-order valence-corrected chi connectivity index (χ4v) is 0. The van der Waals surface area contributed by atoms with Crippen molar-refractivity contribution in [2.24, 2.45) is 0 Å². The van der Waals surface area contributed by atoms with E-state index in [9.17, 15) is 0 Å². The van der Waals surface area contributed by atoms with Crippen molar-refractivity contribution < 1.29 is 85.0 Å². The zero-order chi connectivity index (χ0) is 4.71. The van der Waals surface area contributed by atoms with Crippen LogP contribution in [0.15, 0.2) is 0 Å². The normalized spacial score (nSPS) is 2.33. The Morgan fingerprint density at radius 1 is 1.17 bits per heavy atom. The molecule has 0 aliphatic rings. The van der Waals surface area contributed by atoms with Crippen LogP contribution in [0.3, 0.4) is 0 Å². The van der Waals surface area contributed by atoms with Gasteiger partial charge in [-0.2, -0.15) is 0 Å². The van der Waals surface area contributed by atoms with Crippen LogP contribution in [0.1, 0.15) is 0 Å². The molecule has 6 heavy (non-hydrogen) atoms. The second kappa shape index (κ2) is 27.5.